The summed E-state index contributed by atoms with van der Waals surface area (Å²) in [5, 5.41) is 20.8. The van der Waals surface area contributed by atoms with Crippen molar-refractivity contribution in [2.75, 3.05) is 72.5 Å². The smallest absolute Gasteiger partial charge is 0.224 e. The molecule has 0 saturated carbocycles. The summed E-state index contributed by atoms with van der Waals surface area (Å²) in [6, 6.07) is 4.58. The van der Waals surface area contributed by atoms with E-state index in [2.05, 4.69) is 36.9 Å². The molecule has 0 atom stereocenters. The van der Waals surface area contributed by atoms with E-state index in [1.165, 1.54) is 31.4 Å². The van der Waals surface area contributed by atoms with Crippen LogP contribution in [0.2, 0.25) is 0 Å². The molecule has 9 heteroatoms. The van der Waals surface area contributed by atoms with Gasteiger partial charge in [0.25, 0.3) is 0 Å². The first-order valence-corrected chi connectivity index (χ1v) is 13.7. The molecular formula is C27H48FN7O. The molecule has 1 aromatic heterocycles. The fourth-order valence-electron chi connectivity index (χ4n) is 4.04. The van der Waals surface area contributed by atoms with Crippen molar-refractivity contribution >= 4 is 16.8 Å². The first-order chi connectivity index (χ1) is 17.7. The Morgan fingerprint density at radius 3 is 1.86 bits per heavy atom. The zero-order valence-corrected chi connectivity index (χ0v) is 22.1. The molecule has 0 fully saturated rings. The molecule has 36 heavy (non-hydrogen) atoms. The molecule has 0 aliphatic rings. The highest BCUT2D eigenvalue weighted by molar-refractivity contribution is 5.88. The van der Waals surface area contributed by atoms with Gasteiger partial charge in [-0.15, -0.1) is 0 Å². The third-order valence-corrected chi connectivity index (χ3v) is 6.08. The van der Waals surface area contributed by atoms with Crippen LogP contribution in [0.4, 0.5) is 4.39 Å². The van der Waals surface area contributed by atoms with Gasteiger partial charge in [0.05, 0.1) is 6.42 Å². The fourth-order valence-corrected chi connectivity index (χ4v) is 4.04. The summed E-state index contributed by atoms with van der Waals surface area (Å²) < 4.78 is 13.5. The second-order valence-electron chi connectivity index (χ2n) is 9.26. The van der Waals surface area contributed by atoms with Gasteiger partial charge >= 0.3 is 0 Å². The van der Waals surface area contributed by atoms with Crippen LogP contribution in [-0.4, -0.2) is 83.4 Å². The summed E-state index contributed by atoms with van der Waals surface area (Å²) in [6.07, 6.45) is 8.83. The zero-order valence-electron chi connectivity index (χ0n) is 22.1. The molecular weight excluding hydrogens is 457 g/mol. The summed E-state index contributed by atoms with van der Waals surface area (Å²) in [4.78, 5) is 15.3. The molecule has 0 aliphatic heterocycles. The topological polar surface area (TPSA) is 105 Å². The van der Waals surface area contributed by atoms with Gasteiger partial charge in [0, 0.05) is 23.6 Å². The van der Waals surface area contributed by atoms with Crippen molar-refractivity contribution in [1.82, 2.24) is 36.9 Å². The first-order valence-electron chi connectivity index (χ1n) is 13.7. The van der Waals surface area contributed by atoms with Gasteiger partial charge in [-0.2, -0.15) is 0 Å². The Bertz CT molecular complexity index is 830. The molecule has 7 N–H and O–H groups in total. The third-order valence-electron chi connectivity index (χ3n) is 6.08. The number of carbonyl (C=O) groups excluding carboxylic acids is 1. The number of carbonyl (C=O) groups is 1. The molecule has 0 saturated heterocycles. The Kier molecular flexibility index (Phi) is 16.8. The number of benzene rings is 1. The van der Waals surface area contributed by atoms with Gasteiger partial charge in [-0.05, 0) is 128 Å². The van der Waals surface area contributed by atoms with Crippen molar-refractivity contribution in [2.24, 2.45) is 0 Å². The second-order valence-corrected chi connectivity index (χ2v) is 9.26. The van der Waals surface area contributed by atoms with Gasteiger partial charge in [0.1, 0.15) is 5.82 Å². The summed E-state index contributed by atoms with van der Waals surface area (Å²) in [5.74, 6) is -0.324. The second kappa shape index (κ2) is 20.1. The number of hydrogen-bond acceptors (Lipinski definition) is 6. The zero-order chi connectivity index (χ0) is 25.7. The minimum absolute atomic E-state index is 0.0355. The molecule has 2 aromatic rings. The summed E-state index contributed by atoms with van der Waals surface area (Å²) in [6.45, 7) is 10.0. The standard InChI is InChI=1S/C27H48FN7O/c1-29-10-4-13-30-11-2-3-12-31-14-5-15-32-16-6-17-33-18-7-19-34-27(36)20-23-22-35-26-9-8-24(28)21-25(23)26/h8-9,21-22,29-33,35H,2-7,10-20H2,1H3,(H,34,36). The van der Waals surface area contributed by atoms with Crippen molar-refractivity contribution in [3.63, 3.8) is 0 Å². The van der Waals surface area contributed by atoms with Crippen LogP contribution in [0.5, 0.6) is 0 Å². The fraction of sp³-hybridized carbons (Fsp3) is 0.667. The van der Waals surface area contributed by atoms with E-state index in [-0.39, 0.29) is 18.1 Å². The number of aromatic nitrogens is 1. The van der Waals surface area contributed by atoms with Crippen LogP contribution in [0, 0.1) is 5.82 Å². The predicted molar refractivity (Wildman–Crippen MR) is 148 cm³/mol. The van der Waals surface area contributed by atoms with Crippen LogP contribution in [0.3, 0.4) is 0 Å². The summed E-state index contributed by atoms with van der Waals surface area (Å²) in [7, 11) is 1.99. The van der Waals surface area contributed by atoms with Crippen LogP contribution < -0.4 is 31.9 Å². The number of nitrogens with one attached hydrogen (secondary N) is 7. The normalized spacial score (nSPS) is 11.4. The highest BCUT2D eigenvalue weighted by Gasteiger charge is 2.09. The summed E-state index contributed by atoms with van der Waals surface area (Å²) >= 11 is 0. The molecule has 0 aliphatic carbocycles. The molecule has 8 nitrogen and oxygen atoms in total. The van der Waals surface area contributed by atoms with E-state index < -0.39 is 0 Å². The number of unbranched alkanes of at least 4 members (excludes halogenated alkanes) is 1. The average Bonchev–Trinajstić information content (AvgIpc) is 3.26. The van der Waals surface area contributed by atoms with Crippen LogP contribution in [0.15, 0.2) is 24.4 Å². The SMILES string of the molecule is CNCCCNCCCCNCCCNCCCNCCCNC(=O)Cc1c[nH]c2ccc(F)cc12. The van der Waals surface area contributed by atoms with Crippen LogP contribution >= 0.6 is 0 Å². The van der Waals surface area contributed by atoms with E-state index in [0.717, 1.165) is 94.6 Å². The van der Waals surface area contributed by atoms with E-state index in [1.807, 2.05) is 7.05 Å². The van der Waals surface area contributed by atoms with E-state index >= 15 is 0 Å². The van der Waals surface area contributed by atoms with Crippen molar-refractivity contribution in [2.45, 2.75) is 44.9 Å². The number of amides is 1. The van der Waals surface area contributed by atoms with Crippen LogP contribution in [-0.2, 0) is 11.2 Å². The molecule has 2 rings (SSSR count). The van der Waals surface area contributed by atoms with Crippen molar-refractivity contribution in [1.29, 1.82) is 0 Å². The van der Waals surface area contributed by atoms with Gasteiger partial charge in [-0.3, -0.25) is 4.79 Å². The van der Waals surface area contributed by atoms with Gasteiger partial charge in [0.15, 0.2) is 0 Å². The monoisotopic (exact) mass is 505 g/mol. The van der Waals surface area contributed by atoms with E-state index in [4.69, 9.17) is 0 Å². The maximum Gasteiger partial charge on any atom is 0.224 e. The highest BCUT2D eigenvalue weighted by Crippen LogP contribution is 2.19. The van der Waals surface area contributed by atoms with Crippen LogP contribution in [0.1, 0.15) is 44.1 Å². The van der Waals surface area contributed by atoms with Crippen molar-refractivity contribution < 1.29 is 9.18 Å². The number of aromatic amines is 1. The lowest BCUT2D eigenvalue weighted by atomic mass is 10.1. The van der Waals surface area contributed by atoms with Gasteiger partial charge in [0.2, 0.25) is 5.91 Å². The lowest BCUT2D eigenvalue weighted by molar-refractivity contribution is -0.120. The number of H-pyrrole nitrogens is 1. The van der Waals surface area contributed by atoms with Crippen LogP contribution in [0.25, 0.3) is 10.9 Å². The molecule has 0 radical (unpaired) electrons. The van der Waals surface area contributed by atoms with E-state index in [9.17, 15) is 9.18 Å². The maximum atomic E-state index is 13.5. The minimum Gasteiger partial charge on any atom is -0.361 e. The molecule has 0 bridgehead atoms. The Morgan fingerprint density at radius 2 is 1.28 bits per heavy atom. The summed E-state index contributed by atoms with van der Waals surface area (Å²) in [5.41, 5.74) is 1.67. The third kappa shape index (κ3) is 13.9. The van der Waals surface area contributed by atoms with Gasteiger partial charge in [-0.25, -0.2) is 4.39 Å². The van der Waals surface area contributed by atoms with Gasteiger partial charge in [-0.1, -0.05) is 0 Å². The number of halogens is 1. The Labute approximate surface area is 216 Å². The highest BCUT2D eigenvalue weighted by atomic mass is 19.1. The van der Waals surface area contributed by atoms with Gasteiger partial charge < -0.3 is 36.9 Å². The molecule has 1 heterocycles. The quantitative estimate of drug-likeness (QED) is 0.116. The minimum atomic E-state index is -0.289. The predicted octanol–water partition coefficient (Wildman–Crippen LogP) is 1.88. The molecule has 1 amide bonds. The Hall–Kier alpha value is -2.04. The van der Waals surface area contributed by atoms with Crippen molar-refractivity contribution in [3.8, 4) is 0 Å². The van der Waals surface area contributed by atoms with E-state index in [0.29, 0.717) is 6.54 Å². The Morgan fingerprint density at radius 1 is 0.750 bits per heavy atom. The number of fused-ring (bicyclic) bond motifs is 1. The maximum absolute atomic E-state index is 13.5. The number of rotatable bonds is 23. The molecule has 0 spiro atoms. The Balaban J connectivity index is 1.30. The lowest BCUT2D eigenvalue weighted by Gasteiger charge is -2.08. The lowest BCUT2D eigenvalue weighted by Crippen LogP contribution is -2.29. The van der Waals surface area contributed by atoms with E-state index in [1.54, 1.807) is 12.3 Å². The average molecular weight is 506 g/mol. The molecule has 0 unspecified atom stereocenters. The molecule has 204 valence electrons. The largest absolute Gasteiger partial charge is 0.361 e. The first kappa shape index (κ1) is 30.2. The number of hydrogen-bond donors (Lipinski definition) is 7. The van der Waals surface area contributed by atoms with Crippen molar-refractivity contribution in [3.05, 3.63) is 35.8 Å². The molecule has 1 aromatic carbocycles.